The molecule has 0 spiro atoms. The molecule has 1 aromatic rings. The monoisotopic (exact) mass is 259 g/mol. The molecular formula is C17H24P-. The second-order valence-electron chi connectivity index (χ2n) is 5.14. The standard InChI is InChI=1S/C17H24P/c1-3-5-9-15-13-18-17(14-10-7-8-11-14)16(15)12-6-4-2/h7-8,10,13H,3-6,9,11-12H2,1-2H3/q-1. The molecule has 0 aliphatic heterocycles. The highest BCUT2D eigenvalue weighted by Gasteiger charge is 2.07. The van der Waals surface area contributed by atoms with Crippen LogP contribution in [0.1, 0.15) is 62.4 Å². The zero-order chi connectivity index (χ0) is 12.8. The van der Waals surface area contributed by atoms with Gasteiger partial charge in [0.2, 0.25) is 0 Å². The van der Waals surface area contributed by atoms with Crippen molar-refractivity contribution in [3.05, 3.63) is 40.4 Å². The van der Waals surface area contributed by atoms with Crippen molar-refractivity contribution in [2.24, 2.45) is 0 Å². The summed E-state index contributed by atoms with van der Waals surface area (Å²) in [6.45, 7) is 4.58. The van der Waals surface area contributed by atoms with Crippen LogP contribution in [0.15, 0.2) is 24.0 Å². The smallest absolute Gasteiger partial charge is 0.0114 e. The quantitative estimate of drug-likeness (QED) is 0.562. The summed E-state index contributed by atoms with van der Waals surface area (Å²) in [4.78, 5) is 0. The van der Waals surface area contributed by atoms with Crippen LogP contribution in [0.4, 0.5) is 0 Å². The molecule has 1 heterocycles. The number of allylic oxidation sites excluding steroid dienone is 4. The van der Waals surface area contributed by atoms with E-state index in [1.54, 1.807) is 22.0 Å². The van der Waals surface area contributed by atoms with Gasteiger partial charge < -0.3 is 8.19 Å². The van der Waals surface area contributed by atoms with Crippen molar-refractivity contribution < 1.29 is 0 Å². The highest BCUT2D eigenvalue weighted by Crippen LogP contribution is 2.38. The van der Waals surface area contributed by atoms with E-state index in [1.807, 2.05) is 0 Å². The molecule has 0 fully saturated rings. The maximum absolute atomic E-state index is 2.47. The Morgan fingerprint density at radius 1 is 1.11 bits per heavy atom. The van der Waals surface area contributed by atoms with Crippen LogP contribution in [-0.4, -0.2) is 0 Å². The lowest BCUT2D eigenvalue weighted by Crippen LogP contribution is -1.94. The third-order valence-corrected chi connectivity index (χ3v) is 4.93. The Labute approximate surface area is 113 Å². The summed E-state index contributed by atoms with van der Waals surface area (Å²) in [6.07, 6.45) is 15.8. The molecule has 0 bridgehead atoms. The molecule has 0 aromatic carbocycles. The molecule has 1 heteroatoms. The molecule has 1 aliphatic carbocycles. The Kier molecular flexibility index (Phi) is 5.32. The molecule has 2 rings (SSSR count). The van der Waals surface area contributed by atoms with Gasteiger partial charge in [-0.3, -0.25) is 0 Å². The Morgan fingerprint density at radius 3 is 2.56 bits per heavy atom. The molecule has 0 unspecified atom stereocenters. The third-order valence-electron chi connectivity index (χ3n) is 3.68. The van der Waals surface area contributed by atoms with Crippen LogP contribution in [0, 0.1) is 0 Å². The maximum atomic E-state index is 2.47. The maximum Gasteiger partial charge on any atom is -0.0114 e. The number of aryl methyl sites for hydroxylation is 1. The minimum absolute atomic E-state index is 1.15. The van der Waals surface area contributed by atoms with Gasteiger partial charge in [-0.1, -0.05) is 61.6 Å². The molecule has 0 atom stereocenters. The molecule has 0 nitrogen and oxygen atoms in total. The normalized spacial score (nSPS) is 14.7. The number of hydrogen-bond acceptors (Lipinski definition) is 0. The lowest BCUT2D eigenvalue weighted by atomic mass is 9.97. The van der Waals surface area contributed by atoms with Crippen LogP contribution < -0.4 is 0 Å². The van der Waals surface area contributed by atoms with E-state index in [-0.39, 0.29) is 0 Å². The van der Waals surface area contributed by atoms with E-state index in [4.69, 9.17) is 0 Å². The zero-order valence-corrected chi connectivity index (χ0v) is 12.6. The number of unbranched alkanes of at least 4 members (excludes halogenated alkanes) is 2. The van der Waals surface area contributed by atoms with Crippen molar-refractivity contribution in [3.63, 3.8) is 0 Å². The molecule has 0 radical (unpaired) electrons. The van der Waals surface area contributed by atoms with E-state index in [2.05, 4.69) is 37.9 Å². The molecule has 98 valence electrons. The minimum atomic E-state index is 1.15. The Morgan fingerprint density at radius 2 is 1.89 bits per heavy atom. The second kappa shape index (κ2) is 7.00. The van der Waals surface area contributed by atoms with E-state index in [9.17, 15) is 0 Å². The Balaban J connectivity index is 2.19. The molecule has 1 aliphatic rings. The van der Waals surface area contributed by atoms with E-state index < -0.39 is 0 Å². The predicted molar refractivity (Wildman–Crippen MR) is 83.5 cm³/mol. The first kappa shape index (κ1) is 13.7. The van der Waals surface area contributed by atoms with Crippen molar-refractivity contribution in [2.45, 2.75) is 58.8 Å². The second-order valence-corrected chi connectivity index (χ2v) is 6.11. The van der Waals surface area contributed by atoms with Gasteiger partial charge in [-0.25, -0.2) is 5.80 Å². The van der Waals surface area contributed by atoms with Gasteiger partial charge in [0.1, 0.15) is 0 Å². The van der Waals surface area contributed by atoms with Crippen molar-refractivity contribution in [1.82, 2.24) is 0 Å². The number of hydrogen-bond donors (Lipinski definition) is 0. The van der Waals surface area contributed by atoms with E-state index in [0.29, 0.717) is 0 Å². The Hall–Kier alpha value is -0.740. The van der Waals surface area contributed by atoms with Gasteiger partial charge in [0.15, 0.2) is 0 Å². The highest BCUT2D eigenvalue weighted by molar-refractivity contribution is 7.31. The summed E-state index contributed by atoms with van der Waals surface area (Å²) < 4.78 is 0. The van der Waals surface area contributed by atoms with Gasteiger partial charge >= 0.3 is 0 Å². The van der Waals surface area contributed by atoms with Crippen molar-refractivity contribution in [1.29, 1.82) is 0 Å². The van der Waals surface area contributed by atoms with Gasteiger partial charge in [0.05, 0.1) is 0 Å². The fourth-order valence-electron chi connectivity index (χ4n) is 2.57. The van der Waals surface area contributed by atoms with Gasteiger partial charge in [-0.15, -0.1) is 0 Å². The molecule has 0 amide bonds. The molecule has 0 N–H and O–H groups in total. The Bertz CT molecular complexity index is 434. The predicted octanol–water partition coefficient (Wildman–Crippen LogP) is 6.01. The van der Waals surface area contributed by atoms with Crippen LogP contribution in [-0.2, 0) is 12.8 Å². The largest absolute Gasteiger partial charge is 0.523 e. The van der Waals surface area contributed by atoms with E-state index >= 15 is 0 Å². The first-order valence-corrected chi connectivity index (χ1v) is 8.32. The summed E-state index contributed by atoms with van der Waals surface area (Å²) >= 11 is 0. The molecule has 18 heavy (non-hydrogen) atoms. The van der Waals surface area contributed by atoms with Gasteiger partial charge in [0.25, 0.3) is 0 Å². The topological polar surface area (TPSA) is 0 Å². The lowest BCUT2D eigenvalue weighted by molar-refractivity contribution is 0.761. The molecule has 0 saturated heterocycles. The van der Waals surface area contributed by atoms with Crippen LogP contribution >= 0.6 is 8.19 Å². The number of rotatable bonds is 7. The van der Waals surface area contributed by atoms with Gasteiger partial charge in [-0.05, 0) is 32.1 Å². The first-order valence-electron chi connectivity index (χ1n) is 7.36. The average molecular weight is 259 g/mol. The first-order chi connectivity index (χ1) is 8.86. The molecule has 1 aromatic heterocycles. The fourth-order valence-corrected chi connectivity index (χ4v) is 3.88. The SMILES string of the molecule is CCCCc1c[p-]c(C2=CC=CC2)c1CCCC. The third kappa shape index (κ3) is 3.18. The van der Waals surface area contributed by atoms with Crippen LogP contribution in [0.5, 0.6) is 0 Å². The molecule has 0 saturated carbocycles. The van der Waals surface area contributed by atoms with E-state index in [1.165, 1.54) is 46.7 Å². The summed E-state index contributed by atoms with van der Waals surface area (Å²) in [5.41, 5.74) is 4.89. The zero-order valence-electron chi connectivity index (χ0n) is 11.7. The molecular weight excluding hydrogens is 235 g/mol. The van der Waals surface area contributed by atoms with Crippen molar-refractivity contribution in [2.75, 3.05) is 0 Å². The average Bonchev–Trinajstić information content (AvgIpc) is 3.02. The lowest BCUT2D eigenvalue weighted by Gasteiger charge is -2.15. The van der Waals surface area contributed by atoms with Gasteiger partial charge in [0, 0.05) is 0 Å². The van der Waals surface area contributed by atoms with Gasteiger partial charge in [-0.2, -0.15) is 5.30 Å². The van der Waals surface area contributed by atoms with Crippen LogP contribution in [0.2, 0.25) is 0 Å². The van der Waals surface area contributed by atoms with Crippen molar-refractivity contribution >= 4 is 13.8 Å². The highest BCUT2D eigenvalue weighted by atomic mass is 31.0. The summed E-state index contributed by atoms with van der Waals surface area (Å²) in [5, 5.41) is 1.62. The van der Waals surface area contributed by atoms with Crippen molar-refractivity contribution in [3.8, 4) is 0 Å². The fraction of sp³-hybridized carbons (Fsp3) is 0.529. The van der Waals surface area contributed by atoms with E-state index in [0.717, 1.165) is 6.42 Å². The summed E-state index contributed by atoms with van der Waals surface area (Å²) in [7, 11) is 1.45. The van der Waals surface area contributed by atoms with Crippen LogP contribution in [0.3, 0.4) is 0 Å². The summed E-state index contributed by atoms with van der Waals surface area (Å²) in [5.74, 6) is 2.47. The van der Waals surface area contributed by atoms with Crippen LogP contribution in [0.25, 0.3) is 5.57 Å². The minimum Gasteiger partial charge on any atom is -0.523 e. The summed E-state index contributed by atoms with van der Waals surface area (Å²) in [6, 6.07) is 0.